The monoisotopic (exact) mass is 410 g/mol. The van der Waals surface area contributed by atoms with E-state index in [0.29, 0.717) is 17.9 Å². The third kappa shape index (κ3) is 3.36. The van der Waals surface area contributed by atoms with E-state index in [1.54, 1.807) is 12.0 Å². The molecule has 5 rings (SSSR count). The van der Waals surface area contributed by atoms with Gasteiger partial charge in [-0.3, -0.25) is 9.69 Å². The van der Waals surface area contributed by atoms with Crippen molar-refractivity contribution in [1.29, 1.82) is 0 Å². The molecule has 6 nitrogen and oxygen atoms in total. The van der Waals surface area contributed by atoms with Crippen LogP contribution in [0.15, 0.2) is 91.3 Å². The van der Waals surface area contributed by atoms with Gasteiger partial charge < -0.3 is 4.74 Å². The van der Waals surface area contributed by atoms with Crippen LogP contribution in [0.5, 0.6) is 5.75 Å². The van der Waals surface area contributed by atoms with Gasteiger partial charge in [0.2, 0.25) is 5.95 Å². The van der Waals surface area contributed by atoms with Crippen LogP contribution in [0, 0.1) is 0 Å². The van der Waals surface area contributed by atoms with Crippen LogP contribution >= 0.6 is 0 Å². The Hall–Kier alpha value is -3.93. The number of hydrogen-bond acceptors (Lipinski definition) is 4. The van der Waals surface area contributed by atoms with Crippen molar-refractivity contribution in [3.63, 3.8) is 0 Å². The van der Waals surface area contributed by atoms with E-state index >= 15 is 0 Å². The Bertz CT molecular complexity index is 1190. The fourth-order valence-corrected chi connectivity index (χ4v) is 4.31. The average molecular weight is 410 g/mol. The zero-order valence-corrected chi connectivity index (χ0v) is 17.1. The fraction of sp³-hybridized carbons (Fsp3) is 0.160. The molecule has 0 saturated carbocycles. The SMILES string of the molecule is COc1ccccc1C1CC(c2ccccc2)N(C(=O)c2ccccc2)c2ncnn21. The van der Waals surface area contributed by atoms with Gasteiger partial charge in [0.05, 0.1) is 19.2 Å². The quantitative estimate of drug-likeness (QED) is 0.491. The van der Waals surface area contributed by atoms with Crippen LogP contribution in [-0.4, -0.2) is 27.8 Å². The summed E-state index contributed by atoms with van der Waals surface area (Å²) in [6.45, 7) is 0. The van der Waals surface area contributed by atoms with E-state index in [4.69, 9.17) is 4.74 Å². The van der Waals surface area contributed by atoms with Crippen LogP contribution in [0.25, 0.3) is 0 Å². The Balaban J connectivity index is 1.67. The summed E-state index contributed by atoms with van der Waals surface area (Å²) in [5.41, 5.74) is 2.69. The first-order chi connectivity index (χ1) is 15.3. The molecule has 1 aliphatic heterocycles. The maximum Gasteiger partial charge on any atom is 0.261 e. The van der Waals surface area contributed by atoms with Gasteiger partial charge in [-0.05, 0) is 30.2 Å². The molecule has 1 aliphatic rings. The van der Waals surface area contributed by atoms with E-state index in [2.05, 4.69) is 22.2 Å². The van der Waals surface area contributed by atoms with Crippen LogP contribution < -0.4 is 9.64 Å². The van der Waals surface area contributed by atoms with Gasteiger partial charge in [-0.25, -0.2) is 4.68 Å². The minimum absolute atomic E-state index is 0.0952. The smallest absolute Gasteiger partial charge is 0.261 e. The first-order valence-electron chi connectivity index (χ1n) is 10.2. The summed E-state index contributed by atoms with van der Waals surface area (Å²) < 4.78 is 7.46. The molecule has 0 fully saturated rings. The van der Waals surface area contributed by atoms with Crippen LogP contribution in [0.2, 0.25) is 0 Å². The van der Waals surface area contributed by atoms with E-state index in [-0.39, 0.29) is 18.0 Å². The predicted octanol–water partition coefficient (Wildman–Crippen LogP) is 4.67. The molecule has 0 saturated heterocycles. The van der Waals surface area contributed by atoms with Crippen molar-refractivity contribution in [2.45, 2.75) is 18.5 Å². The van der Waals surface area contributed by atoms with Gasteiger partial charge in [0.25, 0.3) is 5.91 Å². The van der Waals surface area contributed by atoms with E-state index in [1.807, 2.05) is 77.5 Å². The Kier molecular flexibility index (Phi) is 4.96. The number of hydrogen-bond donors (Lipinski definition) is 0. The molecule has 0 aliphatic carbocycles. The molecule has 0 bridgehead atoms. The maximum atomic E-state index is 13.6. The first-order valence-corrected chi connectivity index (χ1v) is 10.2. The van der Waals surface area contributed by atoms with Crippen molar-refractivity contribution in [2.75, 3.05) is 12.0 Å². The van der Waals surface area contributed by atoms with Crippen molar-refractivity contribution in [3.8, 4) is 5.75 Å². The second-order valence-electron chi connectivity index (χ2n) is 7.47. The van der Waals surface area contributed by atoms with Gasteiger partial charge in [0.15, 0.2) is 0 Å². The summed E-state index contributed by atoms with van der Waals surface area (Å²) in [6, 6.07) is 27.0. The minimum atomic E-state index is -0.194. The molecule has 0 radical (unpaired) electrons. The molecule has 2 unspecified atom stereocenters. The summed E-state index contributed by atoms with van der Waals surface area (Å²) in [7, 11) is 1.67. The molecule has 3 aromatic carbocycles. The van der Waals surface area contributed by atoms with E-state index in [1.165, 1.54) is 6.33 Å². The number of methoxy groups -OCH3 is 1. The number of rotatable bonds is 4. The van der Waals surface area contributed by atoms with Crippen molar-refractivity contribution in [2.24, 2.45) is 0 Å². The number of anilines is 1. The lowest BCUT2D eigenvalue weighted by Crippen LogP contribution is -2.42. The average Bonchev–Trinajstić information content (AvgIpc) is 3.33. The van der Waals surface area contributed by atoms with Crippen LogP contribution in [-0.2, 0) is 0 Å². The second-order valence-corrected chi connectivity index (χ2v) is 7.47. The van der Waals surface area contributed by atoms with Gasteiger partial charge in [-0.2, -0.15) is 10.1 Å². The number of carbonyl (C=O) groups is 1. The molecule has 2 heterocycles. The van der Waals surface area contributed by atoms with Gasteiger partial charge in [-0.1, -0.05) is 66.7 Å². The molecule has 4 aromatic rings. The summed E-state index contributed by atoms with van der Waals surface area (Å²) in [6.07, 6.45) is 2.16. The minimum Gasteiger partial charge on any atom is -0.496 e. The lowest BCUT2D eigenvalue weighted by Gasteiger charge is -2.39. The number of carbonyl (C=O) groups excluding carboxylic acids is 1. The molecular weight excluding hydrogens is 388 g/mol. The highest BCUT2D eigenvalue weighted by molar-refractivity contribution is 6.05. The summed E-state index contributed by atoms with van der Waals surface area (Å²) >= 11 is 0. The lowest BCUT2D eigenvalue weighted by molar-refractivity contribution is 0.0963. The van der Waals surface area contributed by atoms with Gasteiger partial charge in [0.1, 0.15) is 12.1 Å². The normalized spacial score (nSPS) is 17.8. The molecule has 2 atom stereocenters. The number of fused-ring (bicyclic) bond motifs is 1. The standard InChI is InChI=1S/C25H22N4O2/c1-31-23-15-9-8-14-20(23)22-16-21(18-10-4-2-5-11-18)28(25-26-17-27-29(22)25)24(30)19-12-6-3-7-13-19/h2-15,17,21-22H,16H2,1H3. The molecule has 154 valence electrons. The van der Waals surface area contributed by atoms with E-state index in [0.717, 1.165) is 16.9 Å². The lowest BCUT2D eigenvalue weighted by atomic mass is 9.91. The summed E-state index contributed by atoms with van der Waals surface area (Å²) in [5, 5.41) is 4.50. The number of aromatic nitrogens is 3. The maximum absolute atomic E-state index is 13.6. The Labute approximate surface area is 180 Å². The number of nitrogens with zero attached hydrogens (tertiary/aromatic N) is 4. The summed E-state index contributed by atoms with van der Waals surface area (Å²) in [4.78, 5) is 19.9. The third-order valence-electron chi connectivity index (χ3n) is 5.74. The highest BCUT2D eigenvalue weighted by Gasteiger charge is 2.40. The topological polar surface area (TPSA) is 60.2 Å². The molecule has 0 spiro atoms. The van der Waals surface area contributed by atoms with Crippen LogP contribution in [0.3, 0.4) is 0 Å². The predicted molar refractivity (Wildman–Crippen MR) is 118 cm³/mol. The van der Waals surface area contributed by atoms with Crippen LogP contribution in [0.4, 0.5) is 5.95 Å². The zero-order chi connectivity index (χ0) is 21.2. The second kappa shape index (κ2) is 8.07. The van der Waals surface area contributed by atoms with Crippen molar-refractivity contribution in [1.82, 2.24) is 14.8 Å². The Morgan fingerprint density at radius 3 is 2.32 bits per heavy atom. The molecular formula is C25H22N4O2. The molecule has 6 heteroatoms. The Morgan fingerprint density at radius 1 is 0.903 bits per heavy atom. The molecule has 1 amide bonds. The van der Waals surface area contributed by atoms with E-state index in [9.17, 15) is 4.79 Å². The number of ether oxygens (including phenoxy) is 1. The largest absolute Gasteiger partial charge is 0.496 e. The fourth-order valence-electron chi connectivity index (χ4n) is 4.31. The molecule has 31 heavy (non-hydrogen) atoms. The number of para-hydroxylation sites is 1. The number of benzene rings is 3. The van der Waals surface area contributed by atoms with Gasteiger partial charge in [-0.15, -0.1) is 0 Å². The summed E-state index contributed by atoms with van der Waals surface area (Å²) in [5.74, 6) is 1.23. The van der Waals surface area contributed by atoms with E-state index < -0.39 is 0 Å². The van der Waals surface area contributed by atoms with Crippen molar-refractivity contribution < 1.29 is 9.53 Å². The first kappa shape index (κ1) is 19.1. The van der Waals surface area contributed by atoms with Crippen molar-refractivity contribution >= 4 is 11.9 Å². The molecule has 0 N–H and O–H groups in total. The third-order valence-corrected chi connectivity index (χ3v) is 5.74. The Morgan fingerprint density at radius 2 is 1.58 bits per heavy atom. The highest BCUT2D eigenvalue weighted by atomic mass is 16.5. The number of amides is 1. The van der Waals surface area contributed by atoms with Gasteiger partial charge in [0, 0.05) is 11.1 Å². The molecule has 1 aromatic heterocycles. The van der Waals surface area contributed by atoms with Crippen LogP contribution in [0.1, 0.15) is 40.0 Å². The van der Waals surface area contributed by atoms with Gasteiger partial charge >= 0.3 is 0 Å². The van der Waals surface area contributed by atoms with Crippen molar-refractivity contribution in [3.05, 3.63) is 108 Å². The zero-order valence-electron chi connectivity index (χ0n) is 17.1. The highest BCUT2D eigenvalue weighted by Crippen LogP contribution is 2.44.